The number of carbonyl (C=O) groups excluding carboxylic acids is 1. The van der Waals surface area contributed by atoms with Crippen molar-refractivity contribution >= 4 is 27.5 Å². The van der Waals surface area contributed by atoms with Gasteiger partial charge in [-0.2, -0.15) is 0 Å². The van der Waals surface area contributed by atoms with Crippen molar-refractivity contribution in [3.8, 4) is 0 Å². The van der Waals surface area contributed by atoms with Crippen LogP contribution in [0.2, 0.25) is 5.02 Å². The molecule has 0 radical (unpaired) electrons. The fourth-order valence-corrected chi connectivity index (χ4v) is 2.87. The summed E-state index contributed by atoms with van der Waals surface area (Å²) in [5.74, 6) is -1.19. The molecule has 0 unspecified atom stereocenters. The average molecular weight is 371 g/mol. The summed E-state index contributed by atoms with van der Waals surface area (Å²) in [6.07, 6.45) is 0. The summed E-state index contributed by atoms with van der Waals surface area (Å²) < 4.78 is 36.4. The topological polar surface area (TPSA) is 80.5 Å². The number of hydrogen-bond donors (Lipinski definition) is 1. The predicted octanol–water partition coefficient (Wildman–Crippen LogP) is 2.96. The summed E-state index contributed by atoms with van der Waals surface area (Å²) in [7, 11) is -2.25. The molecule has 0 aromatic heterocycles. The van der Waals surface area contributed by atoms with Crippen LogP contribution in [0, 0.1) is 5.82 Å². The van der Waals surface area contributed by atoms with Gasteiger partial charge in [0.1, 0.15) is 5.82 Å². The zero-order chi connectivity index (χ0) is 18.1. The molecule has 128 valence electrons. The van der Waals surface area contributed by atoms with E-state index in [1.165, 1.54) is 36.2 Å². The molecule has 24 heavy (non-hydrogen) atoms. The summed E-state index contributed by atoms with van der Waals surface area (Å²) in [6, 6.07) is 9.19. The van der Waals surface area contributed by atoms with E-state index in [1.54, 1.807) is 19.1 Å². The lowest BCUT2D eigenvalue weighted by Gasteiger charge is -2.25. The maximum absolute atomic E-state index is 13.8. The van der Waals surface area contributed by atoms with E-state index < -0.39 is 27.8 Å². The first-order chi connectivity index (χ1) is 11.1. The van der Waals surface area contributed by atoms with Crippen LogP contribution in [0.4, 0.5) is 4.39 Å². The largest absolute Gasteiger partial charge is 0.335 e. The van der Waals surface area contributed by atoms with Crippen molar-refractivity contribution in [3.63, 3.8) is 0 Å². The minimum absolute atomic E-state index is 0.0201. The molecule has 0 fully saturated rings. The molecule has 0 aliphatic carbocycles. The van der Waals surface area contributed by atoms with Crippen LogP contribution in [0.3, 0.4) is 0 Å². The van der Waals surface area contributed by atoms with Crippen molar-refractivity contribution in [1.29, 1.82) is 0 Å². The number of hydrogen-bond acceptors (Lipinski definition) is 3. The molecular formula is C16H16ClFN2O3S. The van der Waals surface area contributed by atoms with Gasteiger partial charge in [0.05, 0.1) is 16.5 Å². The van der Waals surface area contributed by atoms with Gasteiger partial charge < -0.3 is 4.90 Å². The molecule has 5 nitrogen and oxygen atoms in total. The van der Waals surface area contributed by atoms with E-state index in [2.05, 4.69) is 0 Å². The fraction of sp³-hybridized carbons (Fsp3) is 0.188. The third-order valence-corrected chi connectivity index (χ3v) is 4.92. The number of carbonyl (C=O) groups is 1. The van der Waals surface area contributed by atoms with Gasteiger partial charge in [-0.25, -0.2) is 17.9 Å². The van der Waals surface area contributed by atoms with Crippen LogP contribution in [0.5, 0.6) is 0 Å². The number of nitrogens with zero attached hydrogens (tertiary/aromatic N) is 1. The normalized spacial score (nSPS) is 12.7. The van der Waals surface area contributed by atoms with Crippen LogP contribution in [0.25, 0.3) is 0 Å². The zero-order valence-corrected chi connectivity index (χ0v) is 14.6. The van der Waals surface area contributed by atoms with E-state index in [0.29, 0.717) is 5.56 Å². The first kappa shape index (κ1) is 18.4. The Hall–Kier alpha value is -1.96. The summed E-state index contributed by atoms with van der Waals surface area (Å²) >= 11 is 5.82. The smallest absolute Gasteiger partial charge is 0.257 e. The highest BCUT2D eigenvalue weighted by Crippen LogP contribution is 2.24. The Morgan fingerprint density at radius 2 is 1.79 bits per heavy atom. The molecule has 0 spiro atoms. The Kier molecular flexibility index (Phi) is 5.27. The number of nitrogens with two attached hydrogens (primary N) is 1. The molecule has 8 heteroatoms. The minimum atomic E-state index is -3.78. The van der Waals surface area contributed by atoms with Crippen molar-refractivity contribution in [2.45, 2.75) is 17.9 Å². The quantitative estimate of drug-likeness (QED) is 0.898. The van der Waals surface area contributed by atoms with Gasteiger partial charge in [0.15, 0.2) is 0 Å². The number of rotatable bonds is 4. The highest BCUT2D eigenvalue weighted by molar-refractivity contribution is 7.89. The summed E-state index contributed by atoms with van der Waals surface area (Å²) in [5.41, 5.74) is 0.554. The number of halogens is 2. The molecule has 1 atom stereocenters. The minimum Gasteiger partial charge on any atom is -0.335 e. The molecule has 2 N–H and O–H groups in total. The summed E-state index contributed by atoms with van der Waals surface area (Å²) in [4.78, 5) is 13.8. The second-order valence-electron chi connectivity index (χ2n) is 5.33. The van der Waals surface area contributed by atoms with Gasteiger partial charge in [-0.3, -0.25) is 4.79 Å². The van der Waals surface area contributed by atoms with Gasteiger partial charge in [0, 0.05) is 12.1 Å². The molecular weight excluding hydrogens is 355 g/mol. The van der Waals surface area contributed by atoms with Crippen LogP contribution in [0.15, 0.2) is 47.4 Å². The van der Waals surface area contributed by atoms with E-state index in [0.717, 1.165) is 6.07 Å². The lowest BCUT2D eigenvalue weighted by Crippen LogP contribution is -2.30. The van der Waals surface area contributed by atoms with E-state index >= 15 is 0 Å². The molecule has 2 rings (SSSR count). The Morgan fingerprint density at radius 3 is 2.33 bits per heavy atom. The van der Waals surface area contributed by atoms with Crippen molar-refractivity contribution in [3.05, 3.63) is 64.4 Å². The first-order valence-corrected chi connectivity index (χ1v) is 8.88. The number of benzene rings is 2. The Bertz CT molecular complexity index is 869. The highest BCUT2D eigenvalue weighted by Gasteiger charge is 2.22. The van der Waals surface area contributed by atoms with Gasteiger partial charge in [0.25, 0.3) is 5.91 Å². The second kappa shape index (κ2) is 6.88. The SMILES string of the molecule is C[C@H](c1ccc(S(N)(=O)=O)cc1)N(C)C(=O)c1cc(Cl)ccc1F. The first-order valence-electron chi connectivity index (χ1n) is 6.96. The fourth-order valence-electron chi connectivity index (χ4n) is 2.19. The lowest BCUT2D eigenvalue weighted by atomic mass is 10.1. The van der Waals surface area contributed by atoms with Gasteiger partial charge >= 0.3 is 0 Å². The number of amides is 1. The molecule has 2 aromatic carbocycles. The van der Waals surface area contributed by atoms with Crippen LogP contribution < -0.4 is 5.14 Å². The van der Waals surface area contributed by atoms with E-state index in [-0.39, 0.29) is 15.5 Å². The van der Waals surface area contributed by atoms with Crippen LogP contribution in [-0.2, 0) is 10.0 Å². The monoisotopic (exact) mass is 370 g/mol. The van der Waals surface area contributed by atoms with Crippen LogP contribution >= 0.6 is 11.6 Å². The second-order valence-corrected chi connectivity index (χ2v) is 7.33. The van der Waals surface area contributed by atoms with E-state index in [1.807, 2.05) is 0 Å². The van der Waals surface area contributed by atoms with Crippen LogP contribution in [0.1, 0.15) is 28.9 Å². The van der Waals surface area contributed by atoms with Crippen molar-refractivity contribution in [1.82, 2.24) is 4.90 Å². The highest BCUT2D eigenvalue weighted by atomic mass is 35.5. The predicted molar refractivity (Wildman–Crippen MR) is 89.7 cm³/mol. The maximum Gasteiger partial charge on any atom is 0.257 e. The van der Waals surface area contributed by atoms with Gasteiger partial charge in [0.2, 0.25) is 10.0 Å². The molecule has 0 saturated heterocycles. The third-order valence-electron chi connectivity index (χ3n) is 3.75. The van der Waals surface area contributed by atoms with Crippen molar-refractivity contribution < 1.29 is 17.6 Å². The molecule has 2 aromatic rings. The lowest BCUT2D eigenvalue weighted by molar-refractivity contribution is 0.0738. The molecule has 0 aliphatic heterocycles. The molecule has 0 saturated carbocycles. The van der Waals surface area contributed by atoms with Crippen molar-refractivity contribution in [2.24, 2.45) is 5.14 Å². The Balaban J connectivity index is 2.27. The van der Waals surface area contributed by atoms with Gasteiger partial charge in [-0.1, -0.05) is 23.7 Å². The van der Waals surface area contributed by atoms with Gasteiger partial charge in [-0.05, 0) is 42.8 Å². The van der Waals surface area contributed by atoms with Gasteiger partial charge in [-0.15, -0.1) is 0 Å². The molecule has 1 amide bonds. The van der Waals surface area contributed by atoms with Crippen molar-refractivity contribution in [2.75, 3.05) is 7.05 Å². The molecule has 0 bridgehead atoms. The molecule has 0 heterocycles. The zero-order valence-electron chi connectivity index (χ0n) is 13.0. The maximum atomic E-state index is 13.8. The molecule has 0 aliphatic rings. The number of primary sulfonamides is 1. The standard InChI is InChI=1S/C16H16ClFN2O3S/c1-10(11-3-6-13(7-4-11)24(19,22)23)20(2)16(21)14-9-12(17)5-8-15(14)18/h3-10H,1-2H3,(H2,19,22,23)/t10-/m1/s1. The summed E-state index contributed by atoms with van der Waals surface area (Å²) in [6.45, 7) is 1.74. The Labute approximate surface area is 144 Å². The van der Waals surface area contributed by atoms with E-state index in [9.17, 15) is 17.6 Å². The number of sulfonamides is 1. The van der Waals surface area contributed by atoms with Crippen LogP contribution in [-0.4, -0.2) is 26.3 Å². The summed E-state index contributed by atoms with van der Waals surface area (Å²) in [5, 5.41) is 5.31. The van der Waals surface area contributed by atoms with E-state index in [4.69, 9.17) is 16.7 Å². The third kappa shape index (κ3) is 3.92. The Morgan fingerprint density at radius 1 is 1.21 bits per heavy atom. The average Bonchev–Trinajstić information content (AvgIpc) is 2.54.